The van der Waals surface area contributed by atoms with Gasteiger partial charge in [0.25, 0.3) is 5.69 Å². The maximum absolute atomic E-state index is 11.7. The predicted molar refractivity (Wildman–Crippen MR) is 106 cm³/mol. The lowest BCUT2D eigenvalue weighted by atomic mass is 9.83. The molecule has 1 aliphatic heterocycles. The Bertz CT molecular complexity index is 1000. The van der Waals surface area contributed by atoms with Gasteiger partial charge in [-0.1, -0.05) is 30.3 Å². The van der Waals surface area contributed by atoms with E-state index in [9.17, 15) is 20.2 Å². The number of nitrogens with zero attached hydrogens (tertiary/aromatic N) is 3. The first kappa shape index (κ1) is 18.6. The fourth-order valence-electron chi connectivity index (χ4n) is 3.74. The van der Waals surface area contributed by atoms with Crippen LogP contribution in [-0.2, 0) is 4.74 Å². The Labute approximate surface area is 166 Å². The highest BCUT2D eigenvalue weighted by Gasteiger charge is 2.48. The maximum Gasteiger partial charge on any atom is 0.364 e. The van der Waals surface area contributed by atoms with Crippen LogP contribution in [0.2, 0.25) is 0 Å². The van der Waals surface area contributed by atoms with Crippen molar-refractivity contribution in [2.45, 2.75) is 31.4 Å². The van der Waals surface area contributed by atoms with Crippen molar-refractivity contribution in [2.24, 2.45) is 5.10 Å². The summed E-state index contributed by atoms with van der Waals surface area (Å²) in [7, 11) is 0. The topological polar surface area (TPSA) is 120 Å². The van der Waals surface area contributed by atoms with Crippen molar-refractivity contribution in [3.05, 3.63) is 91.7 Å². The van der Waals surface area contributed by atoms with Gasteiger partial charge in [0.15, 0.2) is 0 Å². The Hall–Kier alpha value is -3.75. The number of nitro groups is 2. The number of non-ortho nitro benzene ring substituents is 1. The van der Waals surface area contributed by atoms with Crippen LogP contribution in [0.15, 0.2) is 71.0 Å². The van der Waals surface area contributed by atoms with Crippen LogP contribution in [0.25, 0.3) is 0 Å². The number of para-hydroxylation sites is 1. The first-order valence-corrected chi connectivity index (χ1v) is 9.20. The van der Waals surface area contributed by atoms with Gasteiger partial charge in [-0.25, -0.2) is 0 Å². The first-order valence-electron chi connectivity index (χ1n) is 9.20. The molecule has 9 heteroatoms. The van der Waals surface area contributed by atoms with Crippen molar-refractivity contribution in [1.82, 2.24) is 0 Å². The maximum atomic E-state index is 11.7. The number of benzene rings is 2. The highest BCUT2D eigenvalue weighted by molar-refractivity contribution is 6.03. The molecule has 0 fully saturated rings. The minimum atomic E-state index is -1.28. The molecular weight excluding hydrogens is 376 g/mol. The Kier molecular flexibility index (Phi) is 4.94. The molecule has 148 valence electrons. The number of nitrogens with one attached hydrogen (secondary N) is 1. The quantitative estimate of drug-likeness (QED) is 0.599. The Morgan fingerprint density at radius 3 is 2.38 bits per heavy atom. The van der Waals surface area contributed by atoms with E-state index in [1.807, 2.05) is 30.3 Å². The molecule has 2 aromatic carbocycles. The summed E-state index contributed by atoms with van der Waals surface area (Å²) in [6.45, 7) is 0. The summed E-state index contributed by atoms with van der Waals surface area (Å²) < 4.78 is 5.69. The van der Waals surface area contributed by atoms with Crippen molar-refractivity contribution in [3.8, 4) is 0 Å². The molecule has 1 N–H and O–H groups in total. The van der Waals surface area contributed by atoms with Gasteiger partial charge in [0.2, 0.25) is 0 Å². The molecule has 1 heterocycles. The molecule has 0 unspecified atom stereocenters. The van der Waals surface area contributed by atoms with Crippen LogP contribution in [-0.4, -0.2) is 21.8 Å². The molecule has 0 amide bonds. The fourth-order valence-corrected chi connectivity index (χ4v) is 3.74. The monoisotopic (exact) mass is 394 g/mol. The number of hydrazone groups is 1. The first-order chi connectivity index (χ1) is 14.0. The van der Waals surface area contributed by atoms with Gasteiger partial charge in [0.05, 0.1) is 21.2 Å². The number of hydrogen-bond donors (Lipinski definition) is 1. The summed E-state index contributed by atoms with van der Waals surface area (Å²) in [5, 5.41) is 27.1. The number of allylic oxidation sites excluding steroid dienone is 1. The van der Waals surface area contributed by atoms with Gasteiger partial charge >= 0.3 is 6.23 Å². The molecular formula is C20H18N4O5. The third kappa shape index (κ3) is 3.66. The lowest BCUT2D eigenvalue weighted by Gasteiger charge is -2.19. The molecule has 29 heavy (non-hydrogen) atoms. The SMILES string of the molecule is O=[N+]([O-])c1ccc([C@H]2C3=C(CCC/C3=N/Nc3ccccc3)O[C@H]2[N+](=O)[O-])cc1. The van der Waals surface area contributed by atoms with Gasteiger partial charge in [0, 0.05) is 24.1 Å². The van der Waals surface area contributed by atoms with Crippen molar-refractivity contribution in [3.63, 3.8) is 0 Å². The van der Waals surface area contributed by atoms with E-state index in [-0.39, 0.29) is 5.69 Å². The van der Waals surface area contributed by atoms with Crippen LogP contribution < -0.4 is 5.43 Å². The summed E-state index contributed by atoms with van der Waals surface area (Å²) >= 11 is 0. The molecule has 9 nitrogen and oxygen atoms in total. The van der Waals surface area contributed by atoms with Gasteiger partial charge in [-0.2, -0.15) is 5.10 Å². The van der Waals surface area contributed by atoms with Gasteiger partial charge in [0.1, 0.15) is 11.7 Å². The van der Waals surface area contributed by atoms with Gasteiger partial charge in [-0.3, -0.25) is 25.7 Å². The molecule has 4 rings (SSSR count). The third-order valence-electron chi connectivity index (χ3n) is 5.05. The van der Waals surface area contributed by atoms with Crippen molar-refractivity contribution in [1.29, 1.82) is 0 Å². The van der Waals surface area contributed by atoms with Crippen molar-refractivity contribution in [2.75, 3.05) is 5.43 Å². The highest BCUT2D eigenvalue weighted by Crippen LogP contribution is 2.44. The highest BCUT2D eigenvalue weighted by atomic mass is 16.7. The summed E-state index contributed by atoms with van der Waals surface area (Å²) in [5.74, 6) is -0.0904. The summed E-state index contributed by atoms with van der Waals surface area (Å²) in [6.07, 6.45) is 0.774. The lowest BCUT2D eigenvalue weighted by Crippen LogP contribution is -2.27. The normalized spacial score (nSPS) is 22.1. The predicted octanol–water partition coefficient (Wildman–Crippen LogP) is 4.22. The summed E-state index contributed by atoms with van der Waals surface area (Å²) in [4.78, 5) is 21.7. The van der Waals surface area contributed by atoms with E-state index in [4.69, 9.17) is 4.74 Å². The van der Waals surface area contributed by atoms with E-state index >= 15 is 0 Å². The second-order valence-electron chi connectivity index (χ2n) is 6.85. The minimum Gasteiger partial charge on any atom is -0.433 e. The number of ether oxygens (including phenoxy) is 1. The van der Waals surface area contributed by atoms with Crippen molar-refractivity contribution >= 4 is 17.1 Å². The zero-order valence-electron chi connectivity index (χ0n) is 15.4. The van der Waals surface area contributed by atoms with Crippen LogP contribution in [0.5, 0.6) is 0 Å². The summed E-state index contributed by atoms with van der Waals surface area (Å²) in [6, 6.07) is 15.2. The Morgan fingerprint density at radius 2 is 1.72 bits per heavy atom. The van der Waals surface area contributed by atoms with Crippen LogP contribution in [0.1, 0.15) is 30.7 Å². The van der Waals surface area contributed by atoms with Crippen LogP contribution in [0.4, 0.5) is 11.4 Å². The second kappa shape index (κ2) is 7.70. The molecule has 0 saturated heterocycles. The fraction of sp³-hybridized carbons (Fsp3) is 0.250. The smallest absolute Gasteiger partial charge is 0.364 e. The van der Waals surface area contributed by atoms with E-state index < -0.39 is 22.0 Å². The molecule has 2 aromatic rings. The zero-order chi connectivity index (χ0) is 20.4. The van der Waals surface area contributed by atoms with E-state index in [1.165, 1.54) is 12.1 Å². The molecule has 1 aliphatic carbocycles. The molecule has 2 atom stereocenters. The van der Waals surface area contributed by atoms with Crippen LogP contribution >= 0.6 is 0 Å². The standard InChI is InChI=1S/C20H18N4O5/c25-23(26)15-11-9-13(10-12-15)18-19-16(22-21-14-5-2-1-3-6-14)7-4-8-17(19)29-20(18)24(27)28/h1-3,5-6,9-12,18,20-21H,4,7-8H2/b22-16-/t18-,20+/m0/s1. The molecule has 2 aliphatic rings. The van der Waals surface area contributed by atoms with E-state index in [0.717, 1.165) is 12.1 Å². The lowest BCUT2D eigenvalue weighted by molar-refractivity contribution is -0.570. The number of rotatable bonds is 5. The van der Waals surface area contributed by atoms with Gasteiger partial charge < -0.3 is 4.74 Å². The third-order valence-corrected chi connectivity index (χ3v) is 5.05. The minimum absolute atomic E-state index is 0.0669. The van der Waals surface area contributed by atoms with E-state index in [0.29, 0.717) is 35.4 Å². The van der Waals surface area contributed by atoms with Crippen molar-refractivity contribution < 1.29 is 14.6 Å². The van der Waals surface area contributed by atoms with Crippen LogP contribution in [0, 0.1) is 20.2 Å². The van der Waals surface area contributed by atoms with Gasteiger partial charge in [-0.05, 0) is 30.5 Å². The van der Waals surface area contributed by atoms with E-state index in [1.54, 1.807) is 12.1 Å². The average Bonchev–Trinajstić information content (AvgIpc) is 3.13. The number of anilines is 1. The largest absolute Gasteiger partial charge is 0.433 e. The van der Waals surface area contributed by atoms with Crippen LogP contribution in [0.3, 0.4) is 0 Å². The molecule has 0 spiro atoms. The summed E-state index contributed by atoms with van der Waals surface area (Å²) in [5.41, 5.74) is 5.76. The number of hydrogen-bond acceptors (Lipinski definition) is 7. The molecule has 0 aromatic heterocycles. The van der Waals surface area contributed by atoms with E-state index in [2.05, 4.69) is 10.5 Å². The van der Waals surface area contributed by atoms with Gasteiger partial charge in [-0.15, -0.1) is 0 Å². The molecule has 0 saturated carbocycles. The Balaban J connectivity index is 1.71. The molecule has 0 radical (unpaired) electrons. The number of nitro benzene ring substituents is 1. The molecule has 0 bridgehead atoms. The zero-order valence-corrected chi connectivity index (χ0v) is 15.4. The Morgan fingerprint density at radius 1 is 1.00 bits per heavy atom. The average molecular weight is 394 g/mol. The second-order valence-corrected chi connectivity index (χ2v) is 6.85.